The van der Waals surface area contributed by atoms with Crippen LogP contribution < -0.4 is 0 Å². The monoisotopic (exact) mass is 290 g/mol. The first kappa shape index (κ1) is 17.0. The molecule has 0 heterocycles. The number of carbonyl (C=O) groups is 1. The molecule has 0 atom stereocenters. The van der Waals surface area contributed by atoms with E-state index < -0.39 is 19.3 Å². The van der Waals surface area contributed by atoms with Gasteiger partial charge >= 0.3 is 13.7 Å². The van der Waals surface area contributed by atoms with Gasteiger partial charge in [-0.2, -0.15) is 0 Å². The normalized spacial score (nSPS) is 10.5. The van der Waals surface area contributed by atoms with Gasteiger partial charge in [0.25, 0.3) is 0 Å². The van der Waals surface area contributed by atoms with Crippen molar-refractivity contribution in [3.05, 3.63) is 42.0 Å². The van der Waals surface area contributed by atoms with Gasteiger partial charge in [0.15, 0.2) is 0 Å². The summed E-state index contributed by atoms with van der Waals surface area (Å²) in [7, 11) is -0.750. The molecule has 0 saturated carbocycles. The fraction of sp³-hybridized carbons (Fsp3) is 0.267. The van der Waals surface area contributed by atoms with E-state index in [9.17, 15) is 9.90 Å². The van der Waals surface area contributed by atoms with E-state index in [1.165, 1.54) is 0 Å². The van der Waals surface area contributed by atoms with E-state index in [0.29, 0.717) is 5.39 Å². The van der Waals surface area contributed by atoms with Gasteiger partial charge in [-0.3, -0.25) is 0 Å². The fourth-order valence-electron chi connectivity index (χ4n) is 1.75. The van der Waals surface area contributed by atoms with Crippen molar-refractivity contribution in [1.82, 2.24) is 0 Å². The molecule has 3 N–H and O–H groups in total. The minimum Gasteiger partial charge on any atom is -0.506 e. The lowest BCUT2D eigenvalue weighted by atomic mass is 10.1. The summed E-state index contributed by atoms with van der Waals surface area (Å²) >= 11 is 0. The molecular formula is C15H19BO5. The Bertz CT molecular complexity index is 619. The van der Waals surface area contributed by atoms with Crippen LogP contribution in [0.25, 0.3) is 10.8 Å². The van der Waals surface area contributed by atoms with E-state index in [2.05, 4.69) is 0 Å². The molecule has 0 saturated heterocycles. The summed E-state index contributed by atoms with van der Waals surface area (Å²) in [4.78, 5) is 11.9. The van der Waals surface area contributed by atoms with Crippen LogP contribution in [0.4, 0.5) is 0 Å². The minimum atomic E-state index is -0.750. The van der Waals surface area contributed by atoms with Crippen LogP contribution in [0, 0.1) is 0 Å². The number of phenols is 1. The highest BCUT2D eigenvalue weighted by molar-refractivity contribution is 6.13. The number of esters is 1. The van der Waals surface area contributed by atoms with Crippen molar-refractivity contribution in [1.29, 1.82) is 0 Å². The van der Waals surface area contributed by atoms with Crippen molar-refractivity contribution in [2.45, 2.75) is 26.4 Å². The highest BCUT2D eigenvalue weighted by Crippen LogP contribution is 2.29. The first-order valence-electron chi connectivity index (χ1n) is 6.46. The number of ether oxygens (including phenoxy) is 1. The molecule has 0 bridgehead atoms. The number of aromatic hydroxyl groups is 1. The summed E-state index contributed by atoms with van der Waals surface area (Å²) in [5.41, 5.74) is -0.376. The molecule has 0 aliphatic heterocycles. The van der Waals surface area contributed by atoms with E-state index >= 15 is 0 Å². The molecule has 0 aromatic heterocycles. The summed E-state index contributed by atoms with van der Waals surface area (Å²) in [6.07, 6.45) is 0. The first-order valence-corrected chi connectivity index (χ1v) is 6.46. The van der Waals surface area contributed by atoms with Gasteiger partial charge in [0.1, 0.15) is 16.9 Å². The summed E-state index contributed by atoms with van der Waals surface area (Å²) in [6.45, 7) is 5.38. The van der Waals surface area contributed by atoms with E-state index in [1.54, 1.807) is 39.0 Å². The van der Waals surface area contributed by atoms with Crippen molar-refractivity contribution >= 4 is 24.4 Å². The number of phenolic OH excluding ortho intramolecular Hbond substituents is 1. The standard InChI is InChI=1S/C15H16O3.BH3O2/c1-15(2,3)18-14(17)12-9-8-10-6-4-5-7-11(10)13(12)16;2-1-3/h4-9,16H,1-3H3;1-3H. The molecule has 6 heteroatoms. The summed E-state index contributed by atoms with van der Waals surface area (Å²) in [5.74, 6) is -0.534. The summed E-state index contributed by atoms with van der Waals surface area (Å²) in [5, 5.41) is 25.9. The lowest BCUT2D eigenvalue weighted by Crippen LogP contribution is -2.23. The molecule has 0 aliphatic carbocycles. The first-order chi connectivity index (χ1) is 9.80. The summed E-state index contributed by atoms with van der Waals surface area (Å²) in [6, 6.07) is 10.8. The topological polar surface area (TPSA) is 87.0 Å². The average molecular weight is 290 g/mol. The average Bonchev–Trinajstić information content (AvgIpc) is 2.38. The number of rotatable bonds is 1. The molecule has 2 rings (SSSR count). The Morgan fingerprint density at radius 2 is 1.67 bits per heavy atom. The van der Waals surface area contributed by atoms with Gasteiger partial charge in [-0.25, -0.2) is 4.79 Å². The molecule has 112 valence electrons. The minimum absolute atomic E-state index is 0.0256. The largest absolute Gasteiger partial charge is 0.506 e. The molecule has 2 aromatic rings. The summed E-state index contributed by atoms with van der Waals surface area (Å²) < 4.78 is 5.25. The van der Waals surface area contributed by atoms with Crippen molar-refractivity contribution in [3.63, 3.8) is 0 Å². The van der Waals surface area contributed by atoms with Gasteiger partial charge < -0.3 is 19.9 Å². The molecule has 0 radical (unpaired) electrons. The van der Waals surface area contributed by atoms with Crippen LogP contribution in [0.1, 0.15) is 31.1 Å². The van der Waals surface area contributed by atoms with E-state index in [-0.39, 0.29) is 11.3 Å². The predicted octanol–water partition coefficient (Wildman–Crippen LogP) is 1.74. The third-order valence-electron chi connectivity index (χ3n) is 2.52. The predicted molar refractivity (Wildman–Crippen MR) is 82.4 cm³/mol. The van der Waals surface area contributed by atoms with Crippen LogP contribution in [0.3, 0.4) is 0 Å². The zero-order chi connectivity index (χ0) is 16.0. The Kier molecular flexibility index (Phi) is 5.75. The Hall–Kier alpha value is -2.05. The van der Waals surface area contributed by atoms with Crippen LogP contribution in [-0.2, 0) is 4.74 Å². The van der Waals surface area contributed by atoms with Crippen LogP contribution in [0.2, 0.25) is 0 Å². The van der Waals surface area contributed by atoms with Crippen molar-refractivity contribution in [2.75, 3.05) is 0 Å². The molecule has 0 fully saturated rings. The molecule has 0 unspecified atom stereocenters. The Morgan fingerprint density at radius 3 is 2.24 bits per heavy atom. The highest BCUT2D eigenvalue weighted by atomic mass is 16.6. The second kappa shape index (κ2) is 7.10. The van der Waals surface area contributed by atoms with Crippen LogP contribution in [-0.4, -0.2) is 34.4 Å². The van der Waals surface area contributed by atoms with E-state index in [1.807, 2.05) is 18.2 Å². The third kappa shape index (κ3) is 4.77. The molecule has 0 aliphatic rings. The van der Waals surface area contributed by atoms with Gasteiger partial charge in [0, 0.05) is 5.39 Å². The van der Waals surface area contributed by atoms with Crippen molar-refractivity contribution < 1.29 is 24.7 Å². The number of hydrogen-bond donors (Lipinski definition) is 3. The molecule has 0 spiro atoms. The zero-order valence-corrected chi connectivity index (χ0v) is 12.3. The molecule has 2 aromatic carbocycles. The van der Waals surface area contributed by atoms with Crippen LogP contribution >= 0.6 is 0 Å². The second-order valence-electron chi connectivity index (χ2n) is 5.33. The maximum atomic E-state index is 11.9. The molecule has 21 heavy (non-hydrogen) atoms. The second-order valence-corrected chi connectivity index (χ2v) is 5.33. The number of fused-ring (bicyclic) bond motifs is 1. The zero-order valence-electron chi connectivity index (χ0n) is 12.3. The van der Waals surface area contributed by atoms with Crippen molar-refractivity contribution in [3.8, 4) is 5.75 Å². The van der Waals surface area contributed by atoms with E-state index in [0.717, 1.165) is 5.39 Å². The Morgan fingerprint density at radius 1 is 1.10 bits per heavy atom. The molecule has 5 nitrogen and oxygen atoms in total. The molecule has 0 amide bonds. The third-order valence-corrected chi connectivity index (χ3v) is 2.52. The van der Waals surface area contributed by atoms with Gasteiger partial charge in [0.05, 0.1) is 0 Å². The van der Waals surface area contributed by atoms with Gasteiger partial charge in [-0.1, -0.05) is 30.3 Å². The Labute approximate surface area is 124 Å². The highest BCUT2D eigenvalue weighted by Gasteiger charge is 2.21. The fourth-order valence-corrected chi connectivity index (χ4v) is 1.75. The quantitative estimate of drug-likeness (QED) is 0.550. The van der Waals surface area contributed by atoms with Gasteiger partial charge in [-0.05, 0) is 32.2 Å². The number of hydrogen-bond acceptors (Lipinski definition) is 5. The molecular weight excluding hydrogens is 271 g/mol. The number of benzene rings is 2. The lowest BCUT2D eigenvalue weighted by Gasteiger charge is -2.20. The Balaban J connectivity index is 0.000000677. The SMILES string of the molecule is CC(C)(C)OC(=O)c1ccc2ccccc2c1O.OBO. The van der Waals surface area contributed by atoms with Crippen LogP contribution in [0.5, 0.6) is 5.75 Å². The maximum absolute atomic E-state index is 11.9. The van der Waals surface area contributed by atoms with Gasteiger partial charge in [-0.15, -0.1) is 0 Å². The van der Waals surface area contributed by atoms with E-state index in [4.69, 9.17) is 14.8 Å². The smallest absolute Gasteiger partial charge is 0.432 e. The van der Waals surface area contributed by atoms with Gasteiger partial charge in [0.2, 0.25) is 0 Å². The van der Waals surface area contributed by atoms with Crippen LogP contribution in [0.15, 0.2) is 36.4 Å². The number of carbonyl (C=O) groups excluding carboxylic acids is 1. The lowest BCUT2D eigenvalue weighted by molar-refractivity contribution is 0.00671. The maximum Gasteiger partial charge on any atom is 0.432 e. The van der Waals surface area contributed by atoms with Crippen molar-refractivity contribution in [2.24, 2.45) is 0 Å².